The number of halogens is 1. The van der Waals surface area contributed by atoms with Crippen LogP contribution in [0.1, 0.15) is 55.3 Å². The summed E-state index contributed by atoms with van der Waals surface area (Å²) in [4.78, 5) is 28.6. The van der Waals surface area contributed by atoms with Gasteiger partial charge in [0.2, 0.25) is 0 Å². The number of hydrogen-bond acceptors (Lipinski definition) is 4. The van der Waals surface area contributed by atoms with E-state index in [9.17, 15) is 14.0 Å². The van der Waals surface area contributed by atoms with Crippen molar-refractivity contribution >= 4 is 23.3 Å². The average Bonchev–Trinajstić information content (AvgIpc) is 3.34. The van der Waals surface area contributed by atoms with Crippen molar-refractivity contribution in [2.24, 2.45) is 0 Å². The second-order valence-electron chi connectivity index (χ2n) is 8.75. The number of carbonyl (C=O) groups is 2. The first kappa shape index (κ1) is 22.2. The van der Waals surface area contributed by atoms with E-state index in [0.717, 1.165) is 12.8 Å². The molecule has 4 rings (SSSR count). The fourth-order valence-corrected chi connectivity index (χ4v) is 4.68. The third kappa shape index (κ3) is 5.23. The van der Waals surface area contributed by atoms with Crippen LogP contribution in [-0.2, 0) is 0 Å². The van der Waals surface area contributed by atoms with Gasteiger partial charge in [0.15, 0.2) is 0 Å². The smallest absolute Gasteiger partial charge is 0.319 e. The summed E-state index contributed by atoms with van der Waals surface area (Å²) < 4.78 is 19.7. The Bertz CT molecular complexity index is 919. The Morgan fingerprint density at radius 2 is 1.84 bits per heavy atom. The molecular formula is C24H31FN4O3. The molecule has 8 heteroatoms. The van der Waals surface area contributed by atoms with Crippen LogP contribution in [-0.4, -0.2) is 49.1 Å². The predicted molar refractivity (Wildman–Crippen MR) is 121 cm³/mol. The molecule has 0 radical (unpaired) electrons. The van der Waals surface area contributed by atoms with Crippen LogP contribution in [0.5, 0.6) is 0 Å². The van der Waals surface area contributed by atoms with E-state index in [4.69, 9.17) is 4.42 Å². The van der Waals surface area contributed by atoms with Crippen LogP contribution in [0.3, 0.4) is 0 Å². The molecule has 2 fully saturated rings. The quantitative estimate of drug-likeness (QED) is 0.709. The van der Waals surface area contributed by atoms with E-state index < -0.39 is 0 Å². The van der Waals surface area contributed by atoms with Gasteiger partial charge >= 0.3 is 6.03 Å². The lowest BCUT2D eigenvalue weighted by atomic mass is 9.94. The lowest BCUT2D eigenvalue weighted by molar-refractivity contribution is 0.0708. The maximum absolute atomic E-state index is 14.7. The summed E-state index contributed by atoms with van der Waals surface area (Å²) in [5, 5.41) is 5.66. The van der Waals surface area contributed by atoms with Crippen molar-refractivity contribution in [3.63, 3.8) is 0 Å². The molecule has 1 aliphatic heterocycles. The highest BCUT2D eigenvalue weighted by atomic mass is 19.1. The van der Waals surface area contributed by atoms with Gasteiger partial charge < -0.3 is 24.9 Å². The van der Waals surface area contributed by atoms with Gasteiger partial charge in [-0.05, 0) is 49.9 Å². The van der Waals surface area contributed by atoms with Crippen molar-refractivity contribution in [3.8, 4) is 0 Å². The molecule has 172 valence electrons. The number of nitrogens with zero attached hydrogens (tertiary/aromatic N) is 2. The zero-order valence-electron chi connectivity index (χ0n) is 18.5. The molecule has 1 aromatic carbocycles. The number of carbonyl (C=O) groups excluding carboxylic acids is 2. The van der Waals surface area contributed by atoms with E-state index in [0.29, 0.717) is 48.9 Å². The Hall–Kier alpha value is -3.03. The number of nitrogens with one attached hydrogen (secondary N) is 2. The minimum absolute atomic E-state index is 0.0371. The Morgan fingerprint density at radius 3 is 2.50 bits per heavy atom. The lowest BCUT2D eigenvalue weighted by Gasteiger charge is -2.33. The lowest BCUT2D eigenvalue weighted by Crippen LogP contribution is -2.47. The molecule has 2 aromatic rings. The van der Waals surface area contributed by atoms with E-state index >= 15 is 0 Å². The van der Waals surface area contributed by atoms with E-state index in [-0.39, 0.29) is 23.8 Å². The van der Waals surface area contributed by atoms with Crippen molar-refractivity contribution in [2.75, 3.05) is 30.4 Å². The van der Waals surface area contributed by atoms with Crippen LogP contribution in [0.4, 0.5) is 20.6 Å². The molecule has 2 N–H and O–H groups in total. The summed E-state index contributed by atoms with van der Waals surface area (Å²) in [7, 11) is 1.94. The van der Waals surface area contributed by atoms with Gasteiger partial charge in [0.1, 0.15) is 12.1 Å². The van der Waals surface area contributed by atoms with Gasteiger partial charge in [-0.15, -0.1) is 0 Å². The van der Waals surface area contributed by atoms with Gasteiger partial charge in [0.25, 0.3) is 5.91 Å². The first-order valence-electron chi connectivity index (χ1n) is 11.4. The molecule has 0 spiro atoms. The average molecular weight is 443 g/mol. The fourth-order valence-electron chi connectivity index (χ4n) is 4.68. The Morgan fingerprint density at radius 1 is 1.09 bits per heavy atom. The van der Waals surface area contributed by atoms with Crippen molar-refractivity contribution in [3.05, 3.63) is 48.2 Å². The summed E-state index contributed by atoms with van der Waals surface area (Å²) in [5.41, 5.74) is 1.53. The SMILES string of the molecule is CN(c1ccc(NC(=O)NC2CCN(C(=O)c3ccoc3)CC2)cc1F)C1CCCCC1. The molecule has 2 aliphatic rings. The van der Waals surface area contributed by atoms with Crippen LogP contribution in [0.25, 0.3) is 0 Å². The van der Waals surface area contributed by atoms with E-state index in [1.54, 1.807) is 23.1 Å². The van der Waals surface area contributed by atoms with Crippen LogP contribution < -0.4 is 15.5 Å². The molecule has 1 saturated heterocycles. The van der Waals surface area contributed by atoms with Crippen molar-refractivity contribution in [2.45, 2.75) is 57.0 Å². The fraction of sp³-hybridized carbons (Fsp3) is 0.500. The number of likely N-dealkylation sites (tertiary alicyclic amines) is 1. The van der Waals surface area contributed by atoms with Crippen molar-refractivity contribution < 1.29 is 18.4 Å². The second-order valence-corrected chi connectivity index (χ2v) is 8.75. The molecule has 2 heterocycles. The van der Waals surface area contributed by atoms with Crippen molar-refractivity contribution in [1.29, 1.82) is 0 Å². The summed E-state index contributed by atoms with van der Waals surface area (Å²) in [6.45, 7) is 1.12. The Kier molecular flexibility index (Phi) is 6.97. The molecule has 32 heavy (non-hydrogen) atoms. The van der Waals surface area contributed by atoms with Gasteiger partial charge in [0, 0.05) is 37.9 Å². The number of piperidine rings is 1. The molecule has 1 aliphatic carbocycles. The molecule has 7 nitrogen and oxygen atoms in total. The van der Waals surface area contributed by atoms with Crippen LogP contribution in [0.2, 0.25) is 0 Å². The van der Waals surface area contributed by atoms with Crippen molar-refractivity contribution in [1.82, 2.24) is 10.2 Å². The standard InChI is InChI=1S/C24H31FN4O3/c1-28(20-5-3-2-4-6-20)22-8-7-19(15-21(22)25)27-24(31)26-18-9-12-29(13-10-18)23(30)17-11-14-32-16-17/h7-8,11,14-16,18,20H,2-6,9-10,12-13H2,1H3,(H2,26,27,31). The number of urea groups is 1. The minimum Gasteiger partial charge on any atom is -0.472 e. The van der Waals surface area contributed by atoms with Crippen LogP contribution >= 0.6 is 0 Å². The monoisotopic (exact) mass is 442 g/mol. The summed E-state index contributed by atoms with van der Waals surface area (Å²) in [6, 6.07) is 6.47. The molecule has 0 bridgehead atoms. The van der Waals surface area contributed by atoms with Gasteiger partial charge in [0.05, 0.1) is 17.5 Å². The maximum Gasteiger partial charge on any atom is 0.319 e. The molecule has 3 amide bonds. The highest BCUT2D eigenvalue weighted by Gasteiger charge is 2.25. The molecular weight excluding hydrogens is 411 g/mol. The van der Waals surface area contributed by atoms with Gasteiger partial charge in [-0.3, -0.25) is 4.79 Å². The highest BCUT2D eigenvalue weighted by molar-refractivity contribution is 5.94. The molecule has 0 atom stereocenters. The Labute approximate surface area is 187 Å². The summed E-state index contributed by atoms with van der Waals surface area (Å²) >= 11 is 0. The number of rotatable bonds is 5. The molecule has 1 saturated carbocycles. The summed E-state index contributed by atoms with van der Waals surface area (Å²) in [5.74, 6) is -0.391. The van der Waals surface area contributed by atoms with Crippen LogP contribution in [0, 0.1) is 5.82 Å². The molecule has 0 unspecified atom stereocenters. The third-order valence-electron chi connectivity index (χ3n) is 6.59. The number of anilines is 2. The second kappa shape index (κ2) is 10.1. The third-order valence-corrected chi connectivity index (χ3v) is 6.59. The zero-order chi connectivity index (χ0) is 22.5. The largest absolute Gasteiger partial charge is 0.472 e. The highest BCUT2D eigenvalue weighted by Crippen LogP contribution is 2.29. The predicted octanol–water partition coefficient (Wildman–Crippen LogP) is 4.61. The number of benzene rings is 1. The zero-order valence-corrected chi connectivity index (χ0v) is 18.5. The van der Waals surface area contributed by atoms with Crippen LogP contribution in [0.15, 0.2) is 41.2 Å². The van der Waals surface area contributed by atoms with Gasteiger partial charge in [-0.1, -0.05) is 19.3 Å². The normalized spacial score (nSPS) is 17.8. The first-order chi connectivity index (χ1) is 15.5. The maximum atomic E-state index is 14.7. The van der Waals surface area contributed by atoms with Gasteiger partial charge in [-0.25, -0.2) is 9.18 Å². The van der Waals surface area contributed by atoms with E-state index in [1.165, 1.54) is 37.9 Å². The Balaban J connectivity index is 1.26. The first-order valence-corrected chi connectivity index (χ1v) is 11.4. The topological polar surface area (TPSA) is 77.8 Å². The number of amides is 3. The van der Waals surface area contributed by atoms with E-state index in [1.807, 2.05) is 11.9 Å². The minimum atomic E-state index is -0.364. The van der Waals surface area contributed by atoms with E-state index in [2.05, 4.69) is 10.6 Å². The molecule has 1 aromatic heterocycles. The number of furan rings is 1. The number of hydrogen-bond donors (Lipinski definition) is 2. The van der Waals surface area contributed by atoms with Gasteiger partial charge in [-0.2, -0.15) is 0 Å². The summed E-state index contributed by atoms with van der Waals surface area (Å²) in [6.07, 6.45) is 10.1.